The zero-order valence-electron chi connectivity index (χ0n) is 27.0. The van der Waals surface area contributed by atoms with E-state index < -0.39 is 59.7 Å². The van der Waals surface area contributed by atoms with Crippen molar-refractivity contribution in [3.8, 4) is 0 Å². The number of amides is 1. The summed E-state index contributed by atoms with van der Waals surface area (Å²) in [5.41, 5.74) is 0. The maximum atomic E-state index is 12.3. The fourth-order valence-electron chi connectivity index (χ4n) is 3.62. The van der Waals surface area contributed by atoms with Crippen LogP contribution in [-0.2, 0) is 27.9 Å². The molecular formula is C26H58N2O12Si3. The Morgan fingerprint density at radius 3 is 2.00 bits per heavy atom. The molecule has 7 N–H and O–H groups in total. The molecule has 43 heavy (non-hydrogen) atoms. The molecule has 0 saturated carbocycles. The van der Waals surface area contributed by atoms with Gasteiger partial charge in [0.25, 0.3) is 5.91 Å². The summed E-state index contributed by atoms with van der Waals surface area (Å²) in [6.45, 7) is 15.0. The first-order chi connectivity index (χ1) is 20.0. The smallest absolute Gasteiger partial charge is 0.251 e. The van der Waals surface area contributed by atoms with Crippen molar-refractivity contribution in [1.82, 2.24) is 10.2 Å². The van der Waals surface area contributed by atoms with Gasteiger partial charge in [-0.25, -0.2) is 0 Å². The van der Waals surface area contributed by atoms with E-state index in [1.807, 2.05) is 4.90 Å². The van der Waals surface area contributed by atoms with E-state index in [0.29, 0.717) is 49.0 Å². The highest BCUT2D eigenvalue weighted by Crippen LogP contribution is 2.15. The molecule has 0 saturated heterocycles. The molecule has 1 amide bonds. The van der Waals surface area contributed by atoms with E-state index in [0.717, 1.165) is 12.5 Å². The molecule has 0 heterocycles. The third kappa shape index (κ3) is 22.7. The predicted molar refractivity (Wildman–Crippen MR) is 168 cm³/mol. The summed E-state index contributed by atoms with van der Waals surface area (Å²) >= 11 is 0. The second-order valence-electron chi connectivity index (χ2n) is 12.2. The number of carbonyl (C=O) groups excluding carboxylic acids is 1. The van der Waals surface area contributed by atoms with Crippen LogP contribution in [-0.4, -0.2) is 177 Å². The molecule has 0 aliphatic rings. The monoisotopic (exact) mass is 674 g/mol. The van der Waals surface area contributed by atoms with Crippen molar-refractivity contribution in [2.24, 2.45) is 0 Å². The van der Waals surface area contributed by atoms with Crippen molar-refractivity contribution in [3.63, 3.8) is 0 Å². The van der Waals surface area contributed by atoms with Crippen LogP contribution in [0.25, 0.3) is 0 Å². The lowest BCUT2D eigenvalue weighted by Crippen LogP contribution is -2.52. The molecule has 0 fully saturated rings. The molecule has 2 radical (unpaired) electrons. The number of rotatable bonds is 27. The minimum absolute atomic E-state index is 0.0879. The summed E-state index contributed by atoms with van der Waals surface area (Å²) in [5.74, 6) is -1.17. The van der Waals surface area contributed by atoms with Crippen LogP contribution in [0.4, 0.5) is 0 Å². The Morgan fingerprint density at radius 2 is 1.44 bits per heavy atom. The van der Waals surface area contributed by atoms with Gasteiger partial charge < -0.3 is 59.0 Å². The number of methoxy groups -OCH3 is 1. The van der Waals surface area contributed by atoms with Gasteiger partial charge in [0, 0.05) is 26.7 Å². The van der Waals surface area contributed by atoms with Crippen LogP contribution in [0.1, 0.15) is 6.42 Å². The largest absolute Gasteiger partial charge is 0.397 e. The highest BCUT2D eigenvalue weighted by atomic mass is 28.4. The second kappa shape index (κ2) is 23.0. The van der Waals surface area contributed by atoms with Crippen LogP contribution in [0.5, 0.6) is 0 Å². The fraction of sp³-hybridized carbons (Fsp3) is 0.962. The molecule has 0 aliphatic carbocycles. The maximum absolute atomic E-state index is 12.3. The van der Waals surface area contributed by atoms with Crippen molar-refractivity contribution in [2.75, 3.05) is 72.9 Å². The lowest BCUT2D eigenvalue weighted by atomic mass is 10.0. The number of carbonyl (C=O) groups is 1. The minimum atomic E-state index is -2.01. The lowest BCUT2D eigenvalue weighted by molar-refractivity contribution is -0.148. The Kier molecular flexibility index (Phi) is 22.8. The molecule has 0 aliphatic heterocycles. The summed E-state index contributed by atoms with van der Waals surface area (Å²) in [6.07, 6.45) is -7.60. The molecule has 0 aromatic rings. The number of hydrogen-bond donors (Lipinski definition) is 7. The Labute approximate surface area is 261 Å². The SMILES string of the molecule is COCCOCCOCC(O)CN(CCC[Si]C(O[Si](C)(C)C)O[Si](C)(C)C)CCNC(=O)[C@H](O)[C@@H](O)[C@H](O)[C@H](O)CO. The number of aliphatic hydroxyl groups is 6. The Morgan fingerprint density at radius 1 is 0.860 bits per heavy atom. The van der Waals surface area contributed by atoms with Crippen molar-refractivity contribution in [2.45, 2.75) is 88.2 Å². The van der Waals surface area contributed by atoms with Crippen LogP contribution in [0.2, 0.25) is 45.3 Å². The van der Waals surface area contributed by atoms with Crippen LogP contribution < -0.4 is 5.32 Å². The average molecular weight is 675 g/mol. The summed E-state index contributed by atoms with van der Waals surface area (Å²) < 4.78 is 28.3. The highest BCUT2D eigenvalue weighted by Gasteiger charge is 2.34. The third-order valence-electron chi connectivity index (χ3n) is 5.72. The predicted octanol–water partition coefficient (Wildman–Crippen LogP) is -1.62. The van der Waals surface area contributed by atoms with Crippen molar-refractivity contribution in [1.29, 1.82) is 0 Å². The summed E-state index contributed by atoms with van der Waals surface area (Å²) in [7, 11) is -1.56. The topological polar surface area (TPSA) is 200 Å². The zero-order chi connectivity index (χ0) is 33.1. The molecule has 0 aromatic heterocycles. The van der Waals surface area contributed by atoms with Crippen LogP contribution in [0.3, 0.4) is 0 Å². The number of nitrogens with one attached hydrogen (secondary N) is 1. The van der Waals surface area contributed by atoms with Crippen molar-refractivity contribution < 1.29 is 58.5 Å². The molecule has 0 spiro atoms. The average Bonchev–Trinajstić information content (AvgIpc) is 2.90. The molecule has 0 rings (SSSR count). The van der Waals surface area contributed by atoms with Gasteiger partial charge in [0.05, 0.1) is 45.7 Å². The standard InChI is InChI=1S/C26H58N2O12Si3/c1-36-12-13-37-14-15-38-19-20(30)17-28(10-8-16-41-26(39-42(2,3)4)40-43(5,6)7)11-9-27-25(35)24(34)23(33)22(32)21(31)18-29/h20-24,26,29-34H,8-19H2,1-7H3,(H,27,35)/t20?,21-,22-,23+,24-/m1/s1. The van der Waals surface area contributed by atoms with Gasteiger partial charge in [-0.15, -0.1) is 0 Å². The van der Waals surface area contributed by atoms with Crippen LogP contribution >= 0.6 is 0 Å². The minimum Gasteiger partial charge on any atom is -0.397 e. The van der Waals surface area contributed by atoms with Gasteiger partial charge in [-0.05, 0) is 52.2 Å². The Balaban J connectivity index is 4.99. The third-order valence-corrected chi connectivity index (χ3v) is 9.24. The van der Waals surface area contributed by atoms with Crippen LogP contribution in [0, 0.1) is 0 Å². The lowest BCUT2D eigenvalue weighted by Gasteiger charge is -2.31. The molecule has 256 valence electrons. The molecular weight excluding hydrogens is 617 g/mol. The van der Waals surface area contributed by atoms with Crippen molar-refractivity contribution >= 4 is 32.1 Å². The second-order valence-corrected chi connectivity index (χ2v) is 22.5. The first kappa shape index (κ1) is 42.6. The molecule has 5 atom stereocenters. The van der Waals surface area contributed by atoms with E-state index in [9.17, 15) is 30.3 Å². The Hall–Kier alpha value is -0.359. The van der Waals surface area contributed by atoms with Crippen LogP contribution in [0.15, 0.2) is 0 Å². The van der Waals surface area contributed by atoms with Gasteiger partial charge in [0.1, 0.15) is 33.7 Å². The number of hydrogen-bond acceptors (Lipinski definition) is 13. The number of nitrogens with zero attached hydrogens (tertiary/aromatic N) is 1. The van der Waals surface area contributed by atoms with Gasteiger partial charge in [-0.3, -0.25) is 9.69 Å². The van der Waals surface area contributed by atoms with Crippen molar-refractivity contribution in [3.05, 3.63) is 0 Å². The normalized spacial score (nSPS) is 16.3. The number of ether oxygens (including phenoxy) is 3. The summed E-state index contributed by atoms with van der Waals surface area (Å²) in [6, 6.07) is 0.851. The van der Waals surface area contributed by atoms with E-state index in [2.05, 4.69) is 44.6 Å². The van der Waals surface area contributed by atoms with E-state index in [-0.39, 0.29) is 25.6 Å². The molecule has 1 unspecified atom stereocenters. The van der Waals surface area contributed by atoms with Gasteiger partial charge in [0.2, 0.25) is 0 Å². The molecule has 0 aromatic carbocycles. The summed E-state index contributed by atoms with van der Waals surface area (Å²) in [4.78, 5) is 14.3. The molecule has 0 bridgehead atoms. The molecule has 14 nitrogen and oxygen atoms in total. The van der Waals surface area contributed by atoms with Gasteiger partial charge in [-0.2, -0.15) is 0 Å². The maximum Gasteiger partial charge on any atom is 0.251 e. The van der Waals surface area contributed by atoms with E-state index in [1.54, 1.807) is 7.11 Å². The van der Waals surface area contributed by atoms with E-state index >= 15 is 0 Å². The van der Waals surface area contributed by atoms with E-state index in [4.69, 9.17) is 28.2 Å². The highest BCUT2D eigenvalue weighted by molar-refractivity contribution is 6.71. The quantitative estimate of drug-likeness (QED) is 0.0298. The first-order valence-electron chi connectivity index (χ1n) is 14.8. The zero-order valence-corrected chi connectivity index (χ0v) is 30.0. The summed E-state index contributed by atoms with van der Waals surface area (Å²) in [5, 5.41) is 61.3. The number of aliphatic hydroxyl groups excluding tert-OH is 6. The molecule has 17 heteroatoms. The Bertz CT molecular complexity index is 702. The van der Waals surface area contributed by atoms with Gasteiger partial charge >= 0.3 is 0 Å². The van der Waals surface area contributed by atoms with E-state index in [1.165, 1.54) is 0 Å². The first-order valence-corrected chi connectivity index (χ1v) is 22.9. The van der Waals surface area contributed by atoms with Gasteiger partial charge in [-0.1, -0.05) is 6.04 Å². The fourth-order valence-corrected chi connectivity index (χ4v) is 8.48. The van der Waals surface area contributed by atoms with Gasteiger partial charge in [0.15, 0.2) is 22.7 Å².